The number of methoxy groups -OCH3 is 1. The smallest absolute Gasteiger partial charge is 0.174 e. The van der Waals surface area contributed by atoms with Crippen LogP contribution in [0.3, 0.4) is 0 Å². The summed E-state index contributed by atoms with van der Waals surface area (Å²) in [5, 5.41) is 10.0. The maximum absolute atomic E-state index is 13.9. The van der Waals surface area contributed by atoms with Gasteiger partial charge in [0.05, 0.1) is 24.6 Å². The Hall–Kier alpha value is -2.40. The number of hydrogen-bond acceptors (Lipinski definition) is 3. The fourth-order valence-electron chi connectivity index (χ4n) is 2.41. The van der Waals surface area contributed by atoms with Gasteiger partial charge in [-0.1, -0.05) is 0 Å². The molecule has 0 bridgehead atoms. The van der Waals surface area contributed by atoms with Crippen LogP contribution in [-0.4, -0.2) is 21.6 Å². The van der Waals surface area contributed by atoms with Crippen molar-refractivity contribution in [2.45, 2.75) is 13.0 Å². The summed E-state index contributed by atoms with van der Waals surface area (Å²) in [5.74, 6) is 0.312. The van der Waals surface area contributed by atoms with Crippen molar-refractivity contribution in [3.8, 4) is 17.0 Å². The first-order chi connectivity index (χ1) is 10.1. The van der Waals surface area contributed by atoms with Crippen LogP contribution in [0.1, 0.15) is 18.7 Å². The second-order valence-electron chi connectivity index (χ2n) is 4.80. The normalized spacial score (nSPS) is 12.6. The summed E-state index contributed by atoms with van der Waals surface area (Å²) >= 11 is 0. The number of pyridine rings is 1. The predicted molar refractivity (Wildman–Crippen MR) is 77.8 cm³/mol. The summed E-state index contributed by atoms with van der Waals surface area (Å²) in [5.41, 5.74) is 2.14. The van der Waals surface area contributed by atoms with Crippen LogP contribution < -0.4 is 4.74 Å². The zero-order chi connectivity index (χ0) is 15.0. The van der Waals surface area contributed by atoms with Gasteiger partial charge >= 0.3 is 0 Å². The number of aromatic nitrogens is 2. The average Bonchev–Trinajstić information content (AvgIpc) is 2.88. The summed E-state index contributed by atoms with van der Waals surface area (Å²) in [4.78, 5) is 4.35. The highest BCUT2D eigenvalue weighted by atomic mass is 19.1. The van der Waals surface area contributed by atoms with E-state index in [0.717, 1.165) is 11.3 Å². The van der Waals surface area contributed by atoms with Crippen molar-refractivity contribution in [2.24, 2.45) is 0 Å². The Morgan fingerprint density at radius 1 is 1.24 bits per heavy atom. The maximum Gasteiger partial charge on any atom is 0.174 e. The molecular formula is C16H15FN2O2. The molecule has 21 heavy (non-hydrogen) atoms. The van der Waals surface area contributed by atoms with Crippen LogP contribution in [-0.2, 0) is 0 Å². The van der Waals surface area contributed by atoms with Crippen molar-refractivity contribution >= 4 is 5.65 Å². The molecule has 0 aliphatic heterocycles. The minimum Gasteiger partial charge on any atom is -0.497 e. The molecule has 0 spiro atoms. The first-order valence-corrected chi connectivity index (χ1v) is 6.60. The van der Waals surface area contributed by atoms with E-state index in [4.69, 9.17) is 4.74 Å². The molecule has 3 rings (SSSR count). The summed E-state index contributed by atoms with van der Waals surface area (Å²) in [7, 11) is 1.59. The molecule has 108 valence electrons. The first kappa shape index (κ1) is 13.6. The number of benzene rings is 1. The van der Waals surface area contributed by atoms with Crippen LogP contribution in [0.2, 0.25) is 0 Å². The molecule has 0 fully saturated rings. The van der Waals surface area contributed by atoms with Gasteiger partial charge in [-0.05, 0) is 43.3 Å². The van der Waals surface area contributed by atoms with Gasteiger partial charge in [-0.25, -0.2) is 9.37 Å². The van der Waals surface area contributed by atoms with E-state index in [-0.39, 0.29) is 5.65 Å². The number of rotatable bonds is 3. The molecular weight excluding hydrogens is 271 g/mol. The molecule has 1 atom stereocenters. The van der Waals surface area contributed by atoms with Crippen LogP contribution in [0.4, 0.5) is 4.39 Å². The molecule has 4 nitrogen and oxygen atoms in total. The highest BCUT2D eigenvalue weighted by Crippen LogP contribution is 2.30. The van der Waals surface area contributed by atoms with E-state index >= 15 is 0 Å². The highest BCUT2D eigenvalue weighted by Gasteiger charge is 2.19. The van der Waals surface area contributed by atoms with E-state index in [0.29, 0.717) is 11.4 Å². The molecule has 0 aliphatic carbocycles. The van der Waals surface area contributed by atoms with Crippen molar-refractivity contribution in [1.82, 2.24) is 9.38 Å². The topological polar surface area (TPSA) is 46.8 Å². The maximum atomic E-state index is 13.9. The fraction of sp³-hybridized carbons (Fsp3) is 0.188. The quantitative estimate of drug-likeness (QED) is 0.804. The van der Waals surface area contributed by atoms with Gasteiger partial charge in [0.1, 0.15) is 5.75 Å². The monoisotopic (exact) mass is 286 g/mol. The molecule has 0 saturated carbocycles. The Morgan fingerprint density at radius 3 is 2.57 bits per heavy atom. The summed E-state index contributed by atoms with van der Waals surface area (Å²) in [6, 6.07) is 10.2. The highest BCUT2D eigenvalue weighted by molar-refractivity contribution is 5.67. The van der Waals surface area contributed by atoms with E-state index in [1.54, 1.807) is 30.7 Å². The Bertz CT molecular complexity index is 779. The molecule has 0 aliphatic rings. The second kappa shape index (κ2) is 5.18. The molecule has 1 unspecified atom stereocenters. The number of ether oxygens (including phenoxy) is 1. The predicted octanol–water partition coefficient (Wildman–Crippen LogP) is 3.20. The number of halogens is 1. The lowest BCUT2D eigenvalue weighted by molar-refractivity contribution is 0.194. The van der Waals surface area contributed by atoms with Crippen LogP contribution in [0.15, 0.2) is 42.6 Å². The van der Waals surface area contributed by atoms with Crippen molar-refractivity contribution in [2.75, 3.05) is 7.11 Å². The third-order valence-electron chi connectivity index (χ3n) is 3.40. The molecule has 1 aromatic carbocycles. The van der Waals surface area contributed by atoms with Gasteiger partial charge in [0.15, 0.2) is 11.5 Å². The molecule has 2 heterocycles. The number of fused-ring (bicyclic) bond motifs is 1. The molecule has 5 heteroatoms. The number of imidazole rings is 1. The van der Waals surface area contributed by atoms with E-state index in [2.05, 4.69) is 4.98 Å². The van der Waals surface area contributed by atoms with Crippen molar-refractivity contribution in [1.29, 1.82) is 0 Å². The third kappa shape index (κ3) is 2.25. The van der Waals surface area contributed by atoms with Gasteiger partial charge in [0, 0.05) is 11.8 Å². The Labute approximate surface area is 121 Å². The lowest BCUT2D eigenvalue weighted by Gasteiger charge is -2.08. The third-order valence-corrected chi connectivity index (χ3v) is 3.40. The molecule has 2 aromatic heterocycles. The summed E-state index contributed by atoms with van der Waals surface area (Å²) < 4.78 is 20.6. The van der Waals surface area contributed by atoms with E-state index in [9.17, 15) is 9.50 Å². The molecule has 1 N–H and O–H groups in total. The number of aliphatic hydroxyl groups is 1. The van der Waals surface area contributed by atoms with Crippen molar-refractivity contribution in [3.63, 3.8) is 0 Å². The van der Waals surface area contributed by atoms with E-state index in [1.165, 1.54) is 6.07 Å². The Morgan fingerprint density at radius 2 is 1.95 bits per heavy atom. The van der Waals surface area contributed by atoms with Crippen LogP contribution >= 0.6 is 0 Å². The van der Waals surface area contributed by atoms with Gasteiger partial charge in [0.25, 0.3) is 0 Å². The lowest BCUT2D eigenvalue weighted by atomic mass is 10.1. The zero-order valence-corrected chi connectivity index (χ0v) is 11.7. The number of aliphatic hydroxyl groups excluding tert-OH is 1. The van der Waals surface area contributed by atoms with Crippen molar-refractivity contribution in [3.05, 3.63) is 54.1 Å². The Balaban J connectivity index is 2.25. The Kier molecular flexibility index (Phi) is 3.35. The summed E-state index contributed by atoms with van der Waals surface area (Å²) in [6.45, 7) is 1.64. The van der Waals surface area contributed by atoms with Crippen molar-refractivity contribution < 1.29 is 14.2 Å². The largest absolute Gasteiger partial charge is 0.497 e. The SMILES string of the molecule is COc1ccc(-c2nc3c(F)cccn3c2C(C)O)cc1. The standard InChI is InChI=1S/C16H15FN2O2/c1-10(20)15-14(11-5-7-12(21-2)8-6-11)18-16-13(17)4-3-9-19(15)16/h3-10,20H,1-2H3. The van der Waals surface area contributed by atoms with E-state index in [1.807, 2.05) is 24.3 Å². The van der Waals surface area contributed by atoms with Crippen LogP contribution in [0.5, 0.6) is 5.75 Å². The average molecular weight is 286 g/mol. The van der Waals surface area contributed by atoms with Gasteiger partial charge in [-0.15, -0.1) is 0 Å². The summed E-state index contributed by atoms with van der Waals surface area (Å²) in [6.07, 6.45) is 0.930. The lowest BCUT2D eigenvalue weighted by Crippen LogP contribution is -1.99. The zero-order valence-electron chi connectivity index (χ0n) is 11.7. The number of hydrogen-bond donors (Lipinski definition) is 1. The van der Waals surface area contributed by atoms with Crippen LogP contribution in [0, 0.1) is 5.82 Å². The van der Waals surface area contributed by atoms with Gasteiger partial charge in [-0.2, -0.15) is 0 Å². The first-order valence-electron chi connectivity index (χ1n) is 6.60. The molecule has 3 aromatic rings. The van der Waals surface area contributed by atoms with Gasteiger partial charge in [-0.3, -0.25) is 4.40 Å². The van der Waals surface area contributed by atoms with Gasteiger partial charge in [0.2, 0.25) is 0 Å². The van der Waals surface area contributed by atoms with Crippen LogP contribution in [0.25, 0.3) is 16.9 Å². The number of nitrogens with zero attached hydrogens (tertiary/aromatic N) is 2. The minimum atomic E-state index is -0.765. The molecule has 0 saturated heterocycles. The van der Waals surface area contributed by atoms with Gasteiger partial charge < -0.3 is 9.84 Å². The second-order valence-corrected chi connectivity index (χ2v) is 4.80. The fourth-order valence-corrected chi connectivity index (χ4v) is 2.41. The minimum absolute atomic E-state index is 0.208. The van der Waals surface area contributed by atoms with E-state index < -0.39 is 11.9 Å². The molecule has 0 amide bonds. The molecule has 0 radical (unpaired) electrons.